The molecule has 8 heteroatoms. The number of hydrogen-bond acceptors (Lipinski definition) is 6. The zero-order valence-electron chi connectivity index (χ0n) is 15.2. The van der Waals surface area contributed by atoms with Crippen LogP contribution >= 0.6 is 0 Å². The van der Waals surface area contributed by atoms with E-state index in [-0.39, 0.29) is 12.3 Å². The summed E-state index contributed by atoms with van der Waals surface area (Å²) < 4.78 is 6.95. The smallest absolute Gasteiger partial charge is 0.258 e. The number of amides is 1. The molecule has 0 unspecified atom stereocenters. The molecule has 8 nitrogen and oxygen atoms in total. The highest BCUT2D eigenvalue weighted by Gasteiger charge is 2.14. The first kappa shape index (κ1) is 16.9. The lowest BCUT2D eigenvalue weighted by atomic mass is 10.1. The fourth-order valence-corrected chi connectivity index (χ4v) is 2.90. The van der Waals surface area contributed by atoms with Crippen molar-refractivity contribution in [1.82, 2.24) is 24.7 Å². The standard InChI is InChI=1S/C19H18N6O2/c1-11-4-5-15(12(2)8-11)21-18(26)10-17-23-22-16-9-14(6-7-25(16)17)19-20-13(3)24-27-19/h4-9H,10H2,1-3H3,(H,21,26). The summed E-state index contributed by atoms with van der Waals surface area (Å²) in [4.78, 5) is 16.6. The van der Waals surface area contributed by atoms with E-state index in [0.29, 0.717) is 23.2 Å². The molecule has 0 spiro atoms. The molecule has 0 aliphatic carbocycles. The SMILES string of the molecule is Cc1ccc(NC(=O)Cc2nnc3cc(-c4nc(C)no4)ccn23)c(C)c1. The van der Waals surface area contributed by atoms with Gasteiger partial charge in [0.05, 0.1) is 6.42 Å². The van der Waals surface area contributed by atoms with E-state index in [1.54, 1.807) is 23.6 Å². The molecule has 4 rings (SSSR count). The first-order valence-electron chi connectivity index (χ1n) is 8.51. The number of carbonyl (C=O) groups is 1. The molecule has 0 bridgehead atoms. The van der Waals surface area contributed by atoms with Crippen molar-refractivity contribution in [2.75, 3.05) is 5.32 Å². The molecule has 3 heterocycles. The van der Waals surface area contributed by atoms with Crippen molar-refractivity contribution in [2.45, 2.75) is 27.2 Å². The number of fused-ring (bicyclic) bond motifs is 1. The summed E-state index contributed by atoms with van der Waals surface area (Å²) in [5, 5.41) is 15.0. The third-order valence-electron chi connectivity index (χ3n) is 4.23. The Kier molecular flexibility index (Phi) is 4.15. The lowest BCUT2D eigenvalue weighted by molar-refractivity contribution is -0.115. The van der Waals surface area contributed by atoms with E-state index in [4.69, 9.17) is 4.52 Å². The van der Waals surface area contributed by atoms with Crippen LogP contribution < -0.4 is 5.32 Å². The van der Waals surface area contributed by atoms with Crippen LogP contribution in [0, 0.1) is 20.8 Å². The van der Waals surface area contributed by atoms with Gasteiger partial charge in [-0.3, -0.25) is 9.20 Å². The number of aromatic nitrogens is 5. The van der Waals surface area contributed by atoms with Crippen molar-refractivity contribution < 1.29 is 9.32 Å². The van der Waals surface area contributed by atoms with E-state index >= 15 is 0 Å². The van der Waals surface area contributed by atoms with Crippen molar-refractivity contribution in [3.63, 3.8) is 0 Å². The maximum atomic E-state index is 12.4. The molecule has 0 atom stereocenters. The average Bonchev–Trinajstić information content (AvgIpc) is 3.23. The van der Waals surface area contributed by atoms with Crippen LogP contribution in [0.15, 0.2) is 41.1 Å². The molecule has 1 N–H and O–H groups in total. The summed E-state index contributed by atoms with van der Waals surface area (Å²) in [5.41, 5.74) is 4.34. The average molecular weight is 362 g/mol. The first-order valence-corrected chi connectivity index (χ1v) is 8.51. The molecule has 27 heavy (non-hydrogen) atoms. The first-order chi connectivity index (χ1) is 13.0. The zero-order chi connectivity index (χ0) is 19.0. The topological polar surface area (TPSA) is 98.2 Å². The highest BCUT2D eigenvalue weighted by atomic mass is 16.5. The minimum Gasteiger partial charge on any atom is -0.334 e. The Labute approximate surface area is 155 Å². The normalized spacial score (nSPS) is 11.1. The Bertz CT molecular complexity index is 1140. The van der Waals surface area contributed by atoms with Gasteiger partial charge in [-0.15, -0.1) is 10.2 Å². The molecular weight excluding hydrogens is 344 g/mol. The summed E-state index contributed by atoms with van der Waals surface area (Å²) >= 11 is 0. The van der Waals surface area contributed by atoms with Crippen LogP contribution in [0.5, 0.6) is 0 Å². The molecule has 0 saturated heterocycles. The lowest BCUT2D eigenvalue weighted by Gasteiger charge is -2.08. The summed E-state index contributed by atoms with van der Waals surface area (Å²) in [6, 6.07) is 9.53. The van der Waals surface area contributed by atoms with E-state index in [1.807, 2.05) is 38.1 Å². The van der Waals surface area contributed by atoms with E-state index in [0.717, 1.165) is 22.4 Å². The minimum atomic E-state index is -0.146. The summed E-state index contributed by atoms with van der Waals surface area (Å²) in [6.45, 7) is 5.75. The Balaban J connectivity index is 1.54. The van der Waals surface area contributed by atoms with Gasteiger partial charge in [-0.05, 0) is 44.5 Å². The maximum Gasteiger partial charge on any atom is 0.258 e. The number of benzene rings is 1. The Morgan fingerprint density at radius 3 is 2.74 bits per heavy atom. The summed E-state index contributed by atoms with van der Waals surface area (Å²) in [5.74, 6) is 1.40. The molecule has 0 aliphatic rings. The number of anilines is 1. The maximum absolute atomic E-state index is 12.4. The quantitative estimate of drug-likeness (QED) is 0.599. The van der Waals surface area contributed by atoms with Crippen molar-refractivity contribution in [3.8, 4) is 11.5 Å². The fraction of sp³-hybridized carbons (Fsp3) is 0.211. The van der Waals surface area contributed by atoms with Crippen LogP contribution in [-0.4, -0.2) is 30.6 Å². The van der Waals surface area contributed by atoms with Crippen LogP contribution in [-0.2, 0) is 11.2 Å². The molecule has 4 aromatic rings. The number of hydrogen-bond donors (Lipinski definition) is 1. The van der Waals surface area contributed by atoms with Gasteiger partial charge in [-0.25, -0.2) is 0 Å². The van der Waals surface area contributed by atoms with Crippen LogP contribution in [0.25, 0.3) is 17.1 Å². The second-order valence-electron chi connectivity index (χ2n) is 6.45. The van der Waals surface area contributed by atoms with Gasteiger partial charge in [0.2, 0.25) is 5.91 Å². The van der Waals surface area contributed by atoms with E-state index in [2.05, 4.69) is 25.7 Å². The number of aryl methyl sites for hydroxylation is 3. The van der Waals surface area contributed by atoms with E-state index < -0.39 is 0 Å². The predicted molar refractivity (Wildman–Crippen MR) is 99.3 cm³/mol. The van der Waals surface area contributed by atoms with Crippen molar-refractivity contribution in [2.24, 2.45) is 0 Å². The molecule has 136 valence electrons. The molecule has 0 radical (unpaired) electrons. The van der Waals surface area contributed by atoms with Crippen LogP contribution in [0.3, 0.4) is 0 Å². The molecule has 1 amide bonds. The third-order valence-corrected chi connectivity index (χ3v) is 4.23. The van der Waals surface area contributed by atoms with Crippen molar-refractivity contribution in [1.29, 1.82) is 0 Å². The number of carbonyl (C=O) groups excluding carboxylic acids is 1. The lowest BCUT2D eigenvalue weighted by Crippen LogP contribution is -2.16. The van der Waals surface area contributed by atoms with Gasteiger partial charge in [0.15, 0.2) is 11.5 Å². The summed E-state index contributed by atoms with van der Waals surface area (Å²) in [7, 11) is 0. The minimum absolute atomic E-state index is 0.119. The number of nitrogens with one attached hydrogen (secondary N) is 1. The second-order valence-corrected chi connectivity index (χ2v) is 6.45. The molecule has 0 aliphatic heterocycles. The molecule has 0 saturated carbocycles. The number of pyridine rings is 1. The zero-order valence-corrected chi connectivity index (χ0v) is 15.2. The third kappa shape index (κ3) is 3.41. The Hall–Kier alpha value is -3.55. The van der Waals surface area contributed by atoms with Gasteiger partial charge < -0.3 is 9.84 Å². The monoisotopic (exact) mass is 362 g/mol. The van der Waals surface area contributed by atoms with Gasteiger partial charge in [0.1, 0.15) is 5.82 Å². The van der Waals surface area contributed by atoms with Gasteiger partial charge in [-0.1, -0.05) is 22.9 Å². The summed E-state index contributed by atoms with van der Waals surface area (Å²) in [6.07, 6.45) is 1.91. The highest BCUT2D eigenvalue weighted by Crippen LogP contribution is 2.20. The van der Waals surface area contributed by atoms with Crippen LogP contribution in [0.4, 0.5) is 5.69 Å². The Morgan fingerprint density at radius 2 is 2.00 bits per heavy atom. The van der Waals surface area contributed by atoms with E-state index in [1.165, 1.54) is 0 Å². The van der Waals surface area contributed by atoms with Crippen molar-refractivity contribution in [3.05, 3.63) is 59.3 Å². The molecule has 3 aromatic heterocycles. The van der Waals surface area contributed by atoms with Crippen LogP contribution in [0.1, 0.15) is 22.8 Å². The van der Waals surface area contributed by atoms with Crippen molar-refractivity contribution >= 4 is 17.2 Å². The van der Waals surface area contributed by atoms with E-state index in [9.17, 15) is 4.79 Å². The predicted octanol–water partition coefficient (Wildman–Crippen LogP) is 2.89. The highest BCUT2D eigenvalue weighted by molar-refractivity contribution is 5.92. The number of nitrogens with zero attached hydrogens (tertiary/aromatic N) is 5. The van der Waals surface area contributed by atoms with Gasteiger partial charge in [0, 0.05) is 17.4 Å². The number of rotatable bonds is 4. The van der Waals surface area contributed by atoms with Gasteiger partial charge in [0.25, 0.3) is 5.89 Å². The van der Waals surface area contributed by atoms with Crippen LogP contribution in [0.2, 0.25) is 0 Å². The molecule has 0 fully saturated rings. The van der Waals surface area contributed by atoms with Gasteiger partial charge >= 0.3 is 0 Å². The Morgan fingerprint density at radius 1 is 1.15 bits per heavy atom. The molecule has 1 aromatic carbocycles. The second kappa shape index (κ2) is 6.64. The fourth-order valence-electron chi connectivity index (χ4n) is 2.90. The molecular formula is C19H18N6O2. The van der Waals surface area contributed by atoms with Gasteiger partial charge in [-0.2, -0.15) is 4.98 Å². The largest absolute Gasteiger partial charge is 0.334 e.